The van der Waals surface area contributed by atoms with Crippen LogP contribution in [0.3, 0.4) is 0 Å². The van der Waals surface area contributed by atoms with E-state index in [9.17, 15) is 8.78 Å². The van der Waals surface area contributed by atoms with Gasteiger partial charge in [0.15, 0.2) is 0 Å². The van der Waals surface area contributed by atoms with Crippen molar-refractivity contribution in [2.45, 2.75) is 52.6 Å². The minimum Gasteiger partial charge on any atom is -0.367 e. The smallest absolute Gasteiger partial charge is 0.149 e. The van der Waals surface area contributed by atoms with E-state index in [4.69, 9.17) is 0 Å². The highest BCUT2D eigenvalue weighted by Gasteiger charge is 2.27. The molecule has 0 amide bonds. The Hall–Kier alpha value is -1.16. The van der Waals surface area contributed by atoms with Gasteiger partial charge in [0.1, 0.15) is 17.3 Å². The number of anilines is 1. The molecule has 0 radical (unpaired) electrons. The molecule has 0 saturated heterocycles. The number of rotatable bonds is 8. The van der Waals surface area contributed by atoms with Gasteiger partial charge in [-0.05, 0) is 42.9 Å². The minimum absolute atomic E-state index is 0.150. The van der Waals surface area contributed by atoms with Gasteiger partial charge in [-0.3, -0.25) is 0 Å². The average molecular weight is 296 g/mol. The average Bonchev–Trinajstić information content (AvgIpc) is 3.19. The lowest BCUT2D eigenvalue weighted by Crippen LogP contribution is -2.29. The number of benzene rings is 1. The molecule has 1 aliphatic rings. The molecule has 4 heteroatoms. The van der Waals surface area contributed by atoms with Crippen LogP contribution >= 0.6 is 0 Å². The lowest BCUT2D eigenvalue weighted by molar-refractivity contribution is 0.549. The van der Waals surface area contributed by atoms with Crippen LogP contribution in [-0.2, 0) is 6.54 Å². The van der Waals surface area contributed by atoms with Crippen molar-refractivity contribution < 1.29 is 8.78 Å². The van der Waals surface area contributed by atoms with E-state index in [1.165, 1.54) is 25.0 Å². The highest BCUT2D eigenvalue weighted by atomic mass is 19.1. The zero-order valence-corrected chi connectivity index (χ0v) is 13.3. The Morgan fingerprint density at radius 1 is 1.24 bits per heavy atom. The summed E-state index contributed by atoms with van der Waals surface area (Å²) in [5.41, 5.74) is 0.808. The van der Waals surface area contributed by atoms with Crippen molar-refractivity contribution in [3.8, 4) is 0 Å². The van der Waals surface area contributed by atoms with E-state index in [0.29, 0.717) is 30.6 Å². The molecule has 0 spiro atoms. The van der Waals surface area contributed by atoms with Gasteiger partial charge in [-0.2, -0.15) is 0 Å². The van der Waals surface area contributed by atoms with Crippen LogP contribution in [0.5, 0.6) is 0 Å². The number of hydrogen-bond donors (Lipinski definition) is 1. The first kappa shape index (κ1) is 16.2. The normalized spacial score (nSPS) is 14.8. The van der Waals surface area contributed by atoms with Crippen LogP contribution in [0.4, 0.5) is 14.5 Å². The van der Waals surface area contributed by atoms with Crippen LogP contribution in [0.1, 0.15) is 45.6 Å². The zero-order chi connectivity index (χ0) is 15.4. The summed E-state index contributed by atoms with van der Waals surface area (Å²) >= 11 is 0. The maximum atomic E-state index is 14.4. The number of nitrogens with zero attached hydrogens (tertiary/aromatic N) is 1. The van der Waals surface area contributed by atoms with Crippen molar-refractivity contribution in [1.82, 2.24) is 5.32 Å². The second-order valence-electron chi connectivity index (χ2n) is 6.33. The Morgan fingerprint density at radius 2 is 1.86 bits per heavy atom. The molecule has 2 nitrogen and oxygen atoms in total. The quantitative estimate of drug-likeness (QED) is 0.777. The summed E-state index contributed by atoms with van der Waals surface area (Å²) in [7, 11) is 0. The van der Waals surface area contributed by atoms with E-state index in [1.807, 2.05) is 25.7 Å². The first-order chi connectivity index (χ1) is 10.0. The molecule has 1 fully saturated rings. The standard InChI is InChI=1S/C17H26F2N2/c1-4-7-21(11-13-5-6-13)17-15(18)8-14(9-16(17)19)10-20-12(2)3/h8-9,12-13,20H,4-7,10-11H2,1-3H3. The maximum absolute atomic E-state index is 14.4. The first-order valence-electron chi connectivity index (χ1n) is 7.97. The van der Waals surface area contributed by atoms with Crippen LogP contribution in [0.25, 0.3) is 0 Å². The van der Waals surface area contributed by atoms with Gasteiger partial charge in [-0.1, -0.05) is 20.8 Å². The summed E-state index contributed by atoms with van der Waals surface area (Å²) in [5.74, 6) is -0.271. The van der Waals surface area contributed by atoms with Crippen LogP contribution in [0, 0.1) is 17.6 Å². The van der Waals surface area contributed by atoms with E-state index in [-0.39, 0.29) is 5.69 Å². The second kappa shape index (κ2) is 7.21. The highest BCUT2D eigenvalue weighted by molar-refractivity contribution is 5.51. The van der Waals surface area contributed by atoms with E-state index in [2.05, 4.69) is 5.32 Å². The number of halogens is 2. The molecule has 0 bridgehead atoms. The fourth-order valence-electron chi connectivity index (χ4n) is 2.52. The van der Waals surface area contributed by atoms with Crippen LogP contribution in [-0.4, -0.2) is 19.1 Å². The third-order valence-electron chi connectivity index (χ3n) is 3.78. The van der Waals surface area contributed by atoms with Crippen molar-refractivity contribution in [3.05, 3.63) is 29.3 Å². The Balaban J connectivity index is 2.17. The van der Waals surface area contributed by atoms with Gasteiger partial charge in [0, 0.05) is 25.7 Å². The molecule has 1 aliphatic carbocycles. The molecule has 1 aromatic rings. The van der Waals surface area contributed by atoms with Crippen LogP contribution in [0.2, 0.25) is 0 Å². The van der Waals surface area contributed by atoms with Gasteiger partial charge in [0.05, 0.1) is 0 Å². The fraction of sp³-hybridized carbons (Fsp3) is 0.647. The third kappa shape index (κ3) is 4.67. The molecule has 1 N–H and O–H groups in total. The molecule has 1 aromatic carbocycles. The summed E-state index contributed by atoms with van der Waals surface area (Å²) in [6, 6.07) is 3.22. The molecule has 0 unspecified atom stereocenters. The lowest BCUT2D eigenvalue weighted by Gasteiger charge is -2.25. The van der Waals surface area contributed by atoms with Gasteiger partial charge in [-0.15, -0.1) is 0 Å². The predicted molar refractivity (Wildman–Crippen MR) is 83.6 cm³/mol. The Bertz CT molecular complexity index is 447. The number of nitrogens with one attached hydrogen (secondary N) is 1. The number of hydrogen-bond acceptors (Lipinski definition) is 2. The lowest BCUT2D eigenvalue weighted by atomic mass is 10.1. The summed E-state index contributed by atoms with van der Waals surface area (Å²) in [5, 5.41) is 3.19. The molecular formula is C17H26F2N2. The first-order valence-corrected chi connectivity index (χ1v) is 7.97. The molecule has 0 heterocycles. The maximum Gasteiger partial charge on any atom is 0.149 e. The van der Waals surface area contributed by atoms with Gasteiger partial charge >= 0.3 is 0 Å². The van der Waals surface area contributed by atoms with Crippen molar-refractivity contribution in [2.24, 2.45) is 5.92 Å². The zero-order valence-electron chi connectivity index (χ0n) is 13.3. The van der Waals surface area contributed by atoms with Crippen molar-refractivity contribution >= 4 is 5.69 Å². The largest absolute Gasteiger partial charge is 0.367 e. The monoisotopic (exact) mass is 296 g/mol. The summed E-state index contributed by atoms with van der Waals surface area (Å²) in [4.78, 5) is 1.88. The Morgan fingerprint density at radius 3 is 2.33 bits per heavy atom. The van der Waals surface area contributed by atoms with E-state index < -0.39 is 11.6 Å². The van der Waals surface area contributed by atoms with E-state index >= 15 is 0 Å². The second-order valence-corrected chi connectivity index (χ2v) is 6.33. The van der Waals surface area contributed by atoms with Crippen LogP contribution in [0.15, 0.2) is 12.1 Å². The van der Waals surface area contributed by atoms with Gasteiger partial charge < -0.3 is 10.2 Å². The fourth-order valence-corrected chi connectivity index (χ4v) is 2.52. The molecule has 118 valence electrons. The summed E-state index contributed by atoms with van der Waals surface area (Å²) in [6.07, 6.45) is 3.25. The SMILES string of the molecule is CCCN(CC1CC1)c1c(F)cc(CNC(C)C)cc1F. The third-order valence-corrected chi connectivity index (χ3v) is 3.78. The van der Waals surface area contributed by atoms with Crippen LogP contribution < -0.4 is 10.2 Å². The Kier molecular flexibility index (Phi) is 5.57. The molecule has 21 heavy (non-hydrogen) atoms. The summed E-state index contributed by atoms with van der Waals surface area (Å²) in [6.45, 7) is 8.03. The summed E-state index contributed by atoms with van der Waals surface area (Å²) < 4.78 is 28.7. The van der Waals surface area contributed by atoms with Crippen molar-refractivity contribution in [1.29, 1.82) is 0 Å². The van der Waals surface area contributed by atoms with Gasteiger partial charge in [0.2, 0.25) is 0 Å². The van der Waals surface area contributed by atoms with E-state index in [1.54, 1.807) is 0 Å². The van der Waals surface area contributed by atoms with Gasteiger partial charge in [-0.25, -0.2) is 8.78 Å². The van der Waals surface area contributed by atoms with Crippen molar-refractivity contribution in [3.63, 3.8) is 0 Å². The topological polar surface area (TPSA) is 15.3 Å². The molecule has 2 rings (SSSR count). The predicted octanol–water partition coefficient (Wildman–Crippen LogP) is 4.09. The molecule has 1 saturated carbocycles. The van der Waals surface area contributed by atoms with Crippen molar-refractivity contribution in [2.75, 3.05) is 18.0 Å². The molecule has 0 aliphatic heterocycles. The molecule has 0 aromatic heterocycles. The Labute approximate surface area is 126 Å². The van der Waals surface area contributed by atoms with Gasteiger partial charge in [0.25, 0.3) is 0 Å². The minimum atomic E-state index is -0.440. The van der Waals surface area contributed by atoms with E-state index in [0.717, 1.165) is 13.0 Å². The molecule has 0 atom stereocenters. The highest BCUT2D eigenvalue weighted by Crippen LogP contribution is 2.33. The molecular weight excluding hydrogens is 270 g/mol.